The Morgan fingerprint density at radius 3 is 2.65 bits per heavy atom. The molecule has 1 atom stereocenters. The minimum Gasteiger partial charge on any atom is -0.492 e. The van der Waals surface area contributed by atoms with E-state index in [9.17, 15) is 19.1 Å². The van der Waals surface area contributed by atoms with Crippen molar-refractivity contribution in [2.45, 2.75) is 32.7 Å². The molecule has 31 heavy (non-hydrogen) atoms. The molecule has 5 nitrogen and oxygen atoms in total. The van der Waals surface area contributed by atoms with Gasteiger partial charge in [-0.1, -0.05) is 32.0 Å². The molecule has 0 aliphatic carbocycles. The van der Waals surface area contributed by atoms with Crippen molar-refractivity contribution < 1.29 is 19.0 Å². The molecule has 3 heterocycles. The van der Waals surface area contributed by atoms with E-state index in [0.717, 1.165) is 23.1 Å². The summed E-state index contributed by atoms with van der Waals surface area (Å²) in [5.74, 6) is -0.637. The van der Waals surface area contributed by atoms with Gasteiger partial charge in [0.2, 0.25) is 0 Å². The van der Waals surface area contributed by atoms with Gasteiger partial charge in [-0.2, -0.15) is 0 Å². The average Bonchev–Trinajstić information content (AvgIpc) is 3.22. The number of benzene rings is 2. The highest BCUT2D eigenvalue weighted by Crippen LogP contribution is 2.48. The Hall–Kier alpha value is -3.41. The monoisotopic (exact) mass is 419 g/mol. The third kappa shape index (κ3) is 2.97. The Labute approximate surface area is 178 Å². The van der Waals surface area contributed by atoms with Crippen LogP contribution in [0.25, 0.3) is 22.4 Å². The molecule has 5 rings (SSSR count). The Bertz CT molecular complexity index is 1290. The van der Waals surface area contributed by atoms with Crippen LogP contribution in [0.1, 0.15) is 41.4 Å². The van der Waals surface area contributed by atoms with E-state index in [2.05, 4.69) is 13.8 Å². The van der Waals surface area contributed by atoms with Gasteiger partial charge in [0.15, 0.2) is 5.43 Å². The first-order valence-corrected chi connectivity index (χ1v) is 10.4. The molecule has 1 aromatic heterocycles. The van der Waals surface area contributed by atoms with Crippen molar-refractivity contribution in [1.29, 1.82) is 0 Å². The smallest absolute Gasteiger partial charge is 0.341 e. The second kappa shape index (κ2) is 7.08. The quantitative estimate of drug-likeness (QED) is 0.668. The molecule has 0 amide bonds. The van der Waals surface area contributed by atoms with Crippen molar-refractivity contribution in [3.63, 3.8) is 0 Å². The summed E-state index contributed by atoms with van der Waals surface area (Å²) >= 11 is 0. The topological polar surface area (TPSA) is 68.5 Å². The van der Waals surface area contributed by atoms with Crippen LogP contribution in [-0.2, 0) is 12.8 Å². The third-order valence-electron chi connectivity index (χ3n) is 6.39. The van der Waals surface area contributed by atoms with Gasteiger partial charge in [-0.05, 0) is 30.0 Å². The lowest BCUT2D eigenvalue weighted by Crippen LogP contribution is -2.28. The molecule has 2 aromatic carbocycles. The van der Waals surface area contributed by atoms with Crippen molar-refractivity contribution in [3.05, 3.63) is 75.3 Å². The summed E-state index contributed by atoms with van der Waals surface area (Å²) in [4.78, 5) is 24.2. The number of halogens is 1. The fourth-order valence-corrected chi connectivity index (χ4v) is 4.85. The van der Waals surface area contributed by atoms with Crippen molar-refractivity contribution in [2.24, 2.45) is 5.92 Å². The number of rotatable bonds is 3. The van der Waals surface area contributed by atoms with Gasteiger partial charge >= 0.3 is 5.97 Å². The van der Waals surface area contributed by atoms with Crippen LogP contribution < -0.4 is 10.2 Å². The summed E-state index contributed by atoms with van der Waals surface area (Å²) < 4.78 is 22.5. The van der Waals surface area contributed by atoms with Crippen LogP contribution >= 0.6 is 0 Å². The van der Waals surface area contributed by atoms with Crippen LogP contribution in [0.4, 0.5) is 4.39 Å². The van der Waals surface area contributed by atoms with Crippen molar-refractivity contribution in [2.75, 3.05) is 6.61 Å². The highest BCUT2D eigenvalue weighted by atomic mass is 19.1. The molecule has 6 heteroatoms. The predicted octanol–water partition coefficient (Wildman–Crippen LogP) is 4.71. The van der Waals surface area contributed by atoms with Gasteiger partial charge in [0.1, 0.15) is 17.1 Å². The number of aromatic carboxylic acids is 1. The highest BCUT2D eigenvalue weighted by Gasteiger charge is 2.33. The Kier molecular flexibility index (Phi) is 4.46. The first kappa shape index (κ1) is 19.5. The van der Waals surface area contributed by atoms with Crippen molar-refractivity contribution in [3.8, 4) is 28.1 Å². The summed E-state index contributed by atoms with van der Waals surface area (Å²) in [5.41, 5.74) is 4.01. The molecule has 0 bridgehead atoms. The molecule has 2 aliphatic heterocycles. The molecule has 3 aromatic rings. The molecule has 1 unspecified atom stereocenters. The molecule has 158 valence electrons. The zero-order valence-corrected chi connectivity index (χ0v) is 17.3. The molecular weight excluding hydrogens is 397 g/mol. The second-order valence-corrected chi connectivity index (χ2v) is 8.50. The predicted molar refractivity (Wildman–Crippen MR) is 115 cm³/mol. The minimum absolute atomic E-state index is 0.00483. The average molecular weight is 419 g/mol. The summed E-state index contributed by atoms with van der Waals surface area (Å²) in [7, 11) is 0. The van der Waals surface area contributed by atoms with E-state index in [4.69, 9.17) is 4.74 Å². The van der Waals surface area contributed by atoms with E-state index in [1.54, 1.807) is 18.2 Å². The van der Waals surface area contributed by atoms with Crippen molar-refractivity contribution in [1.82, 2.24) is 4.57 Å². The van der Waals surface area contributed by atoms with Crippen LogP contribution in [0, 0.1) is 11.7 Å². The Morgan fingerprint density at radius 2 is 1.94 bits per heavy atom. The summed E-state index contributed by atoms with van der Waals surface area (Å²) in [6.07, 6.45) is 2.88. The summed E-state index contributed by atoms with van der Waals surface area (Å²) in [5, 5.41) is 9.47. The lowest BCUT2D eigenvalue weighted by Gasteiger charge is -2.34. The van der Waals surface area contributed by atoms with Gasteiger partial charge < -0.3 is 14.4 Å². The lowest BCUT2D eigenvalue weighted by molar-refractivity contribution is 0.0694. The standard InChI is InChI=1S/C25H22FNO4/c1-13(2)21-10-16-15-7-8-31-24(15)18(14-5-3-4-6-20(14)26)9-17(16)22-11-23(28)19(25(29)30)12-27(21)22/h3-6,9,11-13,21H,7-8,10H2,1-2H3,(H,29,30). The molecule has 0 radical (unpaired) electrons. The van der Waals surface area contributed by atoms with E-state index in [-0.39, 0.29) is 23.3 Å². The molecule has 1 N–H and O–H groups in total. The zero-order chi connectivity index (χ0) is 21.9. The highest BCUT2D eigenvalue weighted by molar-refractivity contribution is 5.88. The van der Waals surface area contributed by atoms with Crippen LogP contribution in [0.2, 0.25) is 0 Å². The number of hydrogen-bond donors (Lipinski definition) is 1. The molecule has 2 aliphatic rings. The molecule has 0 saturated heterocycles. The first-order chi connectivity index (χ1) is 14.9. The number of carboxylic acid groups (broad SMARTS) is 1. The fourth-order valence-electron chi connectivity index (χ4n) is 4.85. The van der Waals surface area contributed by atoms with Gasteiger partial charge in [-0.3, -0.25) is 4.79 Å². The van der Waals surface area contributed by atoms with E-state index < -0.39 is 11.4 Å². The van der Waals surface area contributed by atoms with Gasteiger partial charge in [-0.25, -0.2) is 9.18 Å². The van der Waals surface area contributed by atoms with Crippen LogP contribution in [0.5, 0.6) is 5.75 Å². The molecular formula is C25H22FNO4. The fraction of sp³-hybridized carbons (Fsp3) is 0.280. The van der Waals surface area contributed by atoms with Crippen LogP contribution in [-0.4, -0.2) is 22.2 Å². The van der Waals surface area contributed by atoms with Gasteiger partial charge in [-0.15, -0.1) is 0 Å². The summed E-state index contributed by atoms with van der Waals surface area (Å²) in [6, 6.07) is 9.87. The normalized spacial score (nSPS) is 16.5. The van der Waals surface area contributed by atoms with E-state index in [1.807, 2.05) is 10.6 Å². The minimum atomic E-state index is -1.23. The molecule has 0 saturated carbocycles. The van der Waals surface area contributed by atoms with Crippen molar-refractivity contribution >= 4 is 5.97 Å². The number of carbonyl (C=O) groups is 1. The third-order valence-corrected chi connectivity index (χ3v) is 6.39. The van der Waals surface area contributed by atoms with E-state index >= 15 is 0 Å². The number of ether oxygens (including phenoxy) is 1. The van der Waals surface area contributed by atoms with Gasteiger partial charge in [0.05, 0.1) is 12.3 Å². The largest absolute Gasteiger partial charge is 0.492 e. The van der Waals surface area contributed by atoms with Crippen LogP contribution in [0.3, 0.4) is 0 Å². The second-order valence-electron chi connectivity index (χ2n) is 8.50. The zero-order valence-electron chi connectivity index (χ0n) is 17.3. The lowest BCUT2D eigenvalue weighted by atomic mass is 9.82. The number of fused-ring (bicyclic) bond motifs is 5. The number of pyridine rings is 1. The Morgan fingerprint density at radius 1 is 1.16 bits per heavy atom. The van der Waals surface area contributed by atoms with Crippen LogP contribution in [0.15, 0.2) is 47.4 Å². The van der Waals surface area contributed by atoms with Gasteiger partial charge in [0.25, 0.3) is 0 Å². The maximum absolute atomic E-state index is 14.7. The number of aromatic nitrogens is 1. The molecule has 0 spiro atoms. The SMILES string of the molecule is CC(C)C1Cc2c(cc(-c3ccccc3F)c3c2CCO3)-c2cc(=O)c(C(=O)O)cn21. The Balaban J connectivity index is 1.83. The van der Waals surface area contributed by atoms with E-state index in [1.165, 1.54) is 18.3 Å². The van der Waals surface area contributed by atoms with E-state index in [0.29, 0.717) is 35.6 Å². The number of hydrogen-bond acceptors (Lipinski definition) is 3. The number of carboxylic acids is 1. The molecule has 0 fully saturated rings. The van der Waals surface area contributed by atoms with Gasteiger partial charge in [0, 0.05) is 47.0 Å². The summed E-state index contributed by atoms with van der Waals surface area (Å²) in [6.45, 7) is 4.70. The maximum Gasteiger partial charge on any atom is 0.341 e. The first-order valence-electron chi connectivity index (χ1n) is 10.4. The maximum atomic E-state index is 14.7. The number of nitrogens with zero attached hydrogens (tertiary/aromatic N) is 1.